The van der Waals surface area contributed by atoms with Gasteiger partial charge in [0.05, 0.1) is 34.4 Å². The van der Waals surface area contributed by atoms with Crippen LogP contribution in [0, 0.1) is 0 Å². The molecule has 0 aliphatic rings. The van der Waals surface area contributed by atoms with Crippen molar-refractivity contribution in [3.8, 4) is 0 Å². The van der Waals surface area contributed by atoms with Crippen LogP contribution >= 0.6 is 7.82 Å². The third-order valence-electron chi connectivity index (χ3n) is 6.24. The van der Waals surface area contributed by atoms with E-state index in [2.05, 4.69) is 13.8 Å². The second kappa shape index (κ2) is 24.1. The molecule has 1 N–H and O–H groups in total. The summed E-state index contributed by atoms with van der Waals surface area (Å²) in [6.07, 6.45) is 19.6. The molecule has 2 atom stereocenters. The topological polar surface area (TPSA) is 74.2 Å². The Hall–Kier alpha value is -0.0100. The van der Waals surface area contributed by atoms with E-state index in [1.54, 1.807) is 0 Å². The molecule has 0 aliphatic carbocycles. The van der Waals surface area contributed by atoms with E-state index in [4.69, 9.17) is 18.5 Å². The third kappa shape index (κ3) is 27.0. The first-order chi connectivity index (χ1) is 17.2. The SMILES string of the molecule is CCCCCCCCCCOC[C@H](COP(=O)(O)OCC[N+](C)(C)C)OCCCCCCCCCC. The fourth-order valence-corrected chi connectivity index (χ4v) is 4.57. The Morgan fingerprint density at radius 3 is 1.61 bits per heavy atom. The van der Waals surface area contributed by atoms with Crippen molar-refractivity contribution in [2.24, 2.45) is 0 Å². The van der Waals surface area contributed by atoms with Gasteiger partial charge < -0.3 is 18.9 Å². The third-order valence-corrected chi connectivity index (χ3v) is 7.22. The Kier molecular flexibility index (Phi) is 24.1. The highest BCUT2D eigenvalue weighted by atomic mass is 31.2. The molecule has 1 unspecified atom stereocenters. The summed E-state index contributed by atoms with van der Waals surface area (Å²) in [6.45, 7) is 6.92. The van der Waals surface area contributed by atoms with E-state index >= 15 is 0 Å². The highest BCUT2D eigenvalue weighted by molar-refractivity contribution is 7.47. The summed E-state index contributed by atoms with van der Waals surface area (Å²) < 4.78 is 35.2. The molecule has 0 saturated heterocycles. The minimum atomic E-state index is -4.11. The van der Waals surface area contributed by atoms with Crippen LogP contribution in [0.15, 0.2) is 0 Å². The summed E-state index contributed by atoms with van der Waals surface area (Å²) in [7, 11) is 1.91. The van der Waals surface area contributed by atoms with Crippen LogP contribution in [0.5, 0.6) is 0 Å². The van der Waals surface area contributed by atoms with Crippen LogP contribution in [0.3, 0.4) is 0 Å². The van der Waals surface area contributed by atoms with Crippen molar-refractivity contribution in [2.45, 2.75) is 123 Å². The Morgan fingerprint density at radius 2 is 1.11 bits per heavy atom. The predicted octanol–water partition coefficient (Wildman–Crippen LogP) is 7.51. The van der Waals surface area contributed by atoms with E-state index in [0.717, 1.165) is 19.3 Å². The minimum Gasteiger partial charge on any atom is -0.379 e. The molecule has 0 radical (unpaired) electrons. The zero-order valence-electron chi connectivity index (χ0n) is 24.5. The Labute approximate surface area is 223 Å². The van der Waals surface area contributed by atoms with Crippen LogP contribution in [0.2, 0.25) is 0 Å². The Bertz CT molecular complexity index is 515. The number of ether oxygens (including phenoxy) is 2. The summed E-state index contributed by atoms with van der Waals surface area (Å²) >= 11 is 0. The second-order valence-corrected chi connectivity index (χ2v) is 12.6. The maximum Gasteiger partial charge on any atom is 0.472 e. The fraction of sp³-hybridized carbons (Fsp3) is 1.00. The number of hydrogen-bond donors (Lipinski definition) is 1. The Morgan fingerprint density at radius 1 is 0.639 bits per heavy atom. The van der Waals surface area contributed by atoms with Gasteiger partial charge in [0, 0.05) is 13.2 Å². The fourth-order valence-electron chi connectivity index (χ4n) is 3.83. The normalized spacial score (nSPS) is 14.7. The van der Waals surface area contributed by atoms with Crippen molar-refractivity contribution < 1.29 is 32.5 Å². The highest BCUT2D eigenvalue weighted by Crippen LogP contribution is 2.43. The van der Waals surface area contributed by atoms with Crippen molar-refractivity contribution in [3.05, 3.63) is 0 Å². The molecule has 218 valence electrons. The number of phosphoric ester groups is 1. The van der Waals surface area contributed by atoms with Gasteiger partial charge in [-0.15, -0.1) is 0 Å². The number of quaternary nitrogens is 1. The molecule has 0 rings (SSSR count). The molecule has 0 aromatic carbocycles. The van der Waals surface area contributed by atoms with E-state index in [1.807, 2.05) is 21.1 Å². The first-order valence-electron chi connectivity index (χ1n) is 14.8. The van der Waals surface area contributed by atoms with Gasteiger partial charge in [0.25, 0.3) is 0 Å². The molecular weight excluding hydrogens is 477 g/mol. The lowest BCUT2D eigenvalue weighted by molar-refractivity contribution is -0.870. The van der Waals surface area contributed by atoms with E-state index in [0.29, 0.717) is 30.8 Å². The molecule has 8 heteroatoms. The molecule has 0 aromatic heterocycles. The van der Waals surface area contributed by atoms with Gasteiger partial charge in [0.1, 0.15) is 19.3 Å². The van der Waals surface area contributed by atoms with Gasteiger partial charge in [-0.3, -0.25) is 9.05 Å². The number of rotatable bonds is 28. The number of likely N-dealkylation sites (N-methyl/N-ethyl adjacent to an activating group) is 1. The van der Waals surface area contributed by atoms with Crippen molar-refractivity contribution in [1.29, 1.82) is 0 Å². The lowest BCUT2D eigenvalue weighted by atomic mass is 10.1. The minimum absolute atomic E-state index is 0.00734. The summed E-state index contributed by atoms with van der Waals surface area (Å²) in [5.41, 5.74) is 0. The molecule has 0 bridgehead atoms. The first kappa shape index (κ1) is 36.0. The van der Waals surface area contributed by atoms with Gasteiger partial charge in [0.15, 0.2) is 0 Å². The average molecular weight is 539 g/mol. The first-order valence-corrected chi connectivity index (χ1v) is 16.3. The number of phosphoric acid groups is 1. The van der Waals surface area contributed by atoms with Gasteiger partial charge >= 0.3 is 7.82 Å². The summed E-state index contributed by atoms with van der Waals surface area (Å²) in [5, 5.41) is 0. The van der Waals surface area contributed by atoms with Gasteiger partial charge in [-0.05, 0) is 12.8 Å². The number of nitrogens with zero attached hydrogens (tertiary/aromatic N) is 1. The van der Waals surface area contributed by atoms with Crippen LogP contribution < -0.4 is 0 Å². The van der Waals surface area contributed by atoms with Crippen LogP contribution in [0.25, 0.3) is 0 Å². The zero-order chi connectivity index (χ0) is 27.0. The largest absolute Gasteiger partial charge is 0.472 e. The molecule has 0 amide bonds. The monoisotopic (exact) mass is 538 g/mol. The molecule has 0 spiro atoms. The van der Waals surface area contributed by atoms with Gasteiger partial charge in [-0.25, -0.2) is 4.57 Å². The van der Waals surface area contributed by atoms with E-state index in [1.165, 1.54) is 83.5 Å². The maximum absolute atomic E-state index is 12.3. The van der Waals surface area contributed by atoms with Crippen molar-refractivity contribution in [1.82, 2.24) is 0 Å². The lowest BCUT2D eigenvalue weighted by Crippen LogP contribution is -2.37. The van der Waals surface area contributed by atoms with Crippen molar-refractivity contribution >= 4 is 7.82 Å². The Balaban J connectivity index is 4.22. The maximum atomic E-state index is 12.3. The smallest absolute Gasteiger partial charge is 0.379 e. The molecular formula is C28H61NO6P+. The van der Waals surface area contributed by atoms with Crippen LogP contribution in [0.4, 0.5) is 0 Å². The molecule has 7 nitrogen and oxygen atoms in total. The lowest BCUT2D eigenvalue weighted by Gasteiger charge is -2.24. The molecule has 0 fully saturated rings. The van der Waals surface area contributed by atoms with E-state index in [-0.39, 0.29) is 19.3 Å². The van der Waals surface area contributed by atoms with Gasteiger partial charge in [-0.2, -0.15) is 0 Å². The second-order valence-electron chi connectivity index (χ2n) is 11.1. The quantitative estimate of drug-likeness (QED) is 0.0631. The van der Waals surface area contributed by atoms with Crippen LogP contribution in [-0.4, -0.2) is 76.2 Å². The van der Waals surface area contributed by atoms with Crippen molar-refractivity contribution in [3.63, 3.8) is 0 Å². The number of unbranched alkanes of at least 4 members (excludes halogenated alkanes) is 14. The predicted molar refractivity (Wildman–Crippen MR) is 150 cm³/mol. The average Bonchev–Trinajstić information content (AvgIpc) is 2.81. The highest BCUT2D eigenvalue weighted by Gasteiger charge is 2.25. The molecule has 36 heavy (non-hydrogen) atoms. The summed E-state index contributed by atoms with van der Waals surface area (Å²) in [5.74, 6) is 0. The zero-order valence-corrected chi connectivity index (χ0v) is 25.4. The van der Waals surface area contributed by atoms with E-state index < -0.39 is 7.82 Å². The van der Waals surface area contributed by atoms with Gasteiger partial charge in [-0.1, -0.05) is 104 Å². The van der Waals surface area contributed by atoms with Crippen molar-refractivity contribution in [2.75, 3.05) is 60.7 Å². The standard InChI is InChI=1S/C28H60NO6P/c1-6-8-10-12-14-16-18-20-23-32-26-28(33-24-21-19-17-15-13-11-9-7-2)27-35-36(30,31)34-25-22-29(3,4)5/h28H,6-27H2,1-5H3/p+1/t28-/m1/s1. The molecule has 0 saturated carbocycles. The number of hydrogen-bond acceptors (Lipinski definition) is 5. The summed E-state index contributed by atoms with van der Waals surface area (Å²) in [4.78, 5) is 10.0. The van der Waals surface area contributed by atoms with Crippen LogP contribution in [0.1, 0.15) is 117 Å². The molecule has 0 aliphatic heterocycles. The molecule has 0 aromatic rings. The van der Waals surface area contributed by atoms with E-state index in [9.17, 15) is 9.46 Å². The summed E-state index contributed by atoms with van der Waals surface area (Å²) in [6, 6.07) is 0. The van der Waals surface area contributed by atoms with Gasteiger partial charge in [0.2, 0.25) is 0 Å². The van der Waals surface area contributed by atoms with Crippen LogP contribution in [-0.2, 0) is 23.1 Å². The molecule has 0 heterocycles.